The molecule has 0 bridgehead atoms. The van der Waals surface area contributed by atoms with Gasteiger partial charge in [-0.15, -0.1) is 0 Å². The van der Waals surface area contributed by atoms with Crippen molar-refractivity contribution in [1.82, 2.24) is 0 Å². The Kier molecular flexibility index (Phi) is 8.72. The third-order valence-electron chi connectivity index (χ3n) is 6.19. The summed E-state index contributed by atoms with van der Waals surface area (Å²) in [5.74, 6) is -0.947. The number of carboxylic acids is 1. The van der Waals surface area contributed by atoms with Crippen LogP contribution in [0.1, 0.15) is 56.6 Å². The number of amides is 2. The molecule has 0 radical (unpaired) electrons. The second-order valence-electron chi connectivity index (χ2n) is 8.58. The molecule has 33 heavy (non-hydrogen) atoms. The number of aliphatic carboxylic acids is 1. The minimum absolute atomic E-state index is 0.0544. The van der Waals surface area contributed by atoms with Crippen molar-refractivity contribution in [1.29, 1.82) is 0 Å². The van der Waals surface area contributed by atoms with Crippen LogP contribution in [0.4, 0.5) is 21.9 Å². The summed E-state index contributed by atoms with van der Waals surface area (Å²) in [7, 11) is 0. The number of ether oxygens (including phenoxy) is 1. The summed E-state index contributed by atoms with van der Waals surface area (Å²) in [5.41, 5.74) is 4.33. The highest BCUT2D eigenvalue weighted by atomic mass is 16.5. The molecule has 2 aromatic carbocycles. The van der Waals surface area contributed by atoms with Gasteiger partial charge < -0.3 is 25.4 Å². The summed E-state index contributed by atoms with van der Waals surface area (Å²) in [6.07, 6.45) is 2.79. The molecule has 2 unspecified atom stereocenters. The van der Waals surface area contributed by atoms with Crippen molar-refractivity contribution in [2.45, 2.75) is 58.4 Å². The van der Waals surface area contributed by atoms with Crippen LogP contribution in [0.15, 0.2) is 42.5 Å². The number of hydrogen-bond acceptors (Lipinski definition) is 4. The third-order valence-corrected chi connectivity index (χ3v) is 6.19. The fraction of sp³-hybridized carbons (Fsp3) is 0.462. The number of benzene rings is 2. The van der Waals surface area contributed by atoms with E-state index in [1.165, 1.54) is 0 Å². The van der Waals surface area contributed by atoms with Crippen LogP contribution in [-0.4, -0.2) is 42.9 Å². The third kappa shape index (κ3) is 6.71. The lowest BCUT2D eigenvalue weighted by atomic mass is 9.92. The van der Waals surface area contributed by atoms with Crippen LogP contribution in [0.25, 0.3) is 0 Å². The smallest absolute Gasteiger partial charge is 0.323 e. The monoisotopic (exact) mass is 453 g/mol. The Balaban J connectivity index is 1.91. The summed E-state index contributed by atoms with van der Waals surface area (Å²) >= 11 is 0. The Morgan fingerprint density at radius 3 is 2.52 bits per heavy atom. The van der Waals surface area contributed by atoms with E-state index >= 15 is 0 Å². The molecular weight excluding hydrogens is 418 g/mol. The molecule has 1 aliphatic heterocycles. The van der Waals surface area contributed by atoms with E-state index in [2.05, 4.69) is 22.5 Å². The SMILES string of the molecule is CCC(CC(=O)O)c1ccc(N(CC)C2CCCOC2)c(NC(=O)Nc2ccc(C)cc2)c1. The fourth-order valence-corrected chi connectivity index (χ4v) is 4.38. The Labute approximate surface area is 196 Å². The first kappa shape index (κ1) is 24.6. The molecule has 7 heteroatoms. The molecule has 1 saturated heterocycles. The number of carbonyl (C=O) groups is 2. The van der Waals surface area contributed by atoms with Crippen molar-refractivity contribution >= 4 is 29.1 Å². The highest BCUT2D eigenvalue weighted by Crippen LogP contribution is 2.34. The number of nitrogens with one attached hydrogen (secondary N) is 2. The first-order valence-corrected chi connectivity index (χ1v) is 11.8. The minimum Gasteiger partial charge on any atom is -0.481 e. The second-order valence-corrected chi connectivity index (χ2v) is 8.58. The molecule has 2 atom stereocenters. The second kappa shape index (κ2) is 11.7. The summed E-state index contributed by atoms with van der Waals surface area (Å²) in [4.78, 5) is 26.5. The number of carbonyl (C=O) groups excluding carboxylic acids is 1. The van der Waals surface area contributed by atoms with E-state index < -0.39 is 5.97 Å². The van der Waals surface area contributed by atoms with Gasteiger partial charge in [-0.3, -0.25) is 4.79 Å². The molecule has 3 N–H and O–H groups in total. The van der Waals surface area contributed by atoms with Gasteiger partial charge in [-0.2, -0.15) is 0 Å². The highest BCUT2D eigenvalue weighted by Gasteiger charge is 2.24. The average Bonchev–Trinajstić information content (AvgIpc) is 2.81. The molecule has 0 saturated carbocycles. The Hall–Kier alpha value is -3.06. The van der Waals surface area contributed by atoms with E-state index in [4.69, 9.17) is 4.74 Å². The van der Waals surface area contributed by atoms with Gasteiger partial charge in [-0.1, -0.05) is 30.7 Å². The largest absolute Gasteiger partial charge is 0.481 e. The van der Waals surface area contributed by atoms with Crippen LogP contribution in [0.2, 0.25) is 0 Å². The van der Waals surface area contributed by atoms with Gasteiger partial charge in [0.15, 0.2) is 0 Å². The van der Waals surface area contributed by atoms with Crippen LogP contribution in [-0.2, 0) is 9.53 Å². The maximum absolute atomic E-state index is 12.9. The van der Waals surface area contributed by atoms with Crippen LogP contribution >= 0.6 is 0 Å². The molecule has 0 aliphatic carbocycles. The molecule has 0 aromatic heterocycles. The van der Waals surface area contributed by atoms with Crippen molar-refractivity contribution in [3.63, 3.8) is 0 Å². The number of hydrogen-bond donors (Lipinski definition) is 3. The summed E-state index contributed by atoms with van der Waals surface area (Å²) in [6, 6.07) is 13.4. The molecule has 3 rings (SSSR count). The zero-order chi connectivity index (χ0) is 23.8. The predicted octanol–water partition coefficient (Wildman–Crippen LogP) is 5.61. The summed E-state index contributed by atoms with van der Waals surface area (Å²) < 4.78 is 5.71. The average molecular weight is 454 g/mol. The molecule has 1 heterocycles. The first-order valence-electron chi connectivity index (χ1n) is 11.8. The van der Waals surface area contributed by atoms with E-state index in [1.54, 1.807) is 0 Å². The minimum atomic E-state index is -0.827. The number of likely N-dealkylation sites (N-methyl/N-ethyl adjacent to an activating group) is 1. The topological polar surface area (TPSA) is 90.9 Å². The van der Waals surface area contributed by atoms with E-state index in [1.807, 2.05) is 56.3 Å². The molecule has 1 fully saturated rings. The van der Waals surface area contributed by atoms with Crippen LogP contribution in [0, 0.1) is 6.92 Å². The molecule has 2 aromatic rings. The molecule has 2 amide bonds. The van der Waals surface area contributed by atoms with Gasteiger partial charge in [-0.25, -0.2) is 4.79 Å². The zero-order valence-electron chi connectivity index (χ0n) is 19.8. The summed E-state index contributed by atoms with van der Waals surface area (Å²) in [6.45, 7) is 8.28. The zero-order valence-corrected chi connectivity index (χ0v) is 19.8. The molecule has 0 spiro atoms. The van der Waals surface area contributed by atoms with Gasteiger partial charge in [0, 0.05) is 18.8 Å². The number of rotatable bonds is 9. The van der Waals surface area contributed by atoms with Crippen molar-refractivity contribution in [3.05, 3.63) is 53.6 Å². The molecular formula is C26H35N3O4. The van der Waals surface area contributed by atoms with E-state index in [9.17, 15) is 14.7 Å². The molecule has 1 aliphatic rings. The fourth-order valence-electron chi connectivity index (χ4n) is 4.38. The van der Waals surface area contributed by atoms with Gasteiger partial charge in [0.05, 0.1) is 30.4 Å². The van der Waals surface area contributed by atoms with Crippen LogP contribution in [0.5, 0.6) is 0 Å². The van der Waals surface area contributed by atoms with Crippen molar-refractivity contribution in [2.75, 3.05) is 35.3 Å². The lowest BCUT2D eigenvalue weighted by Gasteiger charge is -2.36. The highest BCUT2D eigenvalue weighted by molar-refractivity contribution is 6.02. The number of carboxylic acid groups (broad SMARTS) is 1. The van der Waals surface area contributed by atoms with Gasteiger partial charge in [0.1, 0.15) is 0 Å². The van der Waals surface area contributed by atoms with Crippen LogP contribution < -0.4 is 15.5 Å². The van der Waals surface area contributed by atoms with E-state index in [0.717, 1.165) is 42.8 Å². The van der Waals surface area contributed by atoms with E-state index in [-0.39, 0.29) is 24.4 Å². The Bertz CT molecular complexity index is 939. The van der Waals surface area contributed by atoms with Crippen LogP contribution in [0.3, 0.4) is 0 Å². The maximum atomic E-state index is 12.9. The molecule has 7 nitrogen and oxygen atoms in total. The summed E-state index contributed by atoms with van der Waals surface area (Å²) in [5, 5.41) is 15.2. The van der Waals surface area contributed by atoms with Gasteiger partial charge in [-0.05, 0) is 68.9 Å². The predicted molar refractivity (Wildman–Crippen MR) is 132 cm³/mol. The first-order chi connectivity index (χ1) is 15.9. The van der Waals surface area contributed by atoms with Gasteiger partial charge >= 0.3 is 12.0 Å². The number of aryl methyl sites for hydroxylation is 1. The quantitative estimate of drug-likeness (QED) is 0.459. The number of nitrogens with zero attached hydrogens (tertiary/aromatic N) is 1. The standard InChI is InChI=1S/C26H35N3O4/c1-4-19(16-25(30)31)20-10-13-24(29(5-2)22-7-6-14-33-17-22)23(15-20)28-26(32)27-21-11-8-18(3)9-12-21/h8-13,15,19,22H,4-7,14,16-17H2,1-3H3,(H,30,31)(H2,27,28,32). The lowest BCUT2D eigenvalue weighted by molar-refractivity contribution is -0.137. The van der Waals surface area contributed by atoms with Crippen molar-refractivity contribution in [3.8, 4) is 0 Å². The molecule has 178 valence electrons. The normalized spacial score (nSPS) is 16.6. The van der Waals surface area contributed by atoms with Gasteiger partial charge in [0.2, 0.25) is 0 Å². The van der Waals surface area contributed by atoms with Gasteiger partial charge in [0.25, 0.3) is 0 Å². The Morgan fingerprint density at radius 2 is 1.91 bits per heavy atom. The number of urea groups is 1. The number of anilines is 3. The van der Waals surface area contributed by atoms with Crippen molar-refractivity contribution < 1.29 is 19.4 Å². The lowest BCUT2D eigenvalue weighted by Crippen LogP contribution is -2.41. The maximum Gasteiger partial charge on any atom is 0.323 e. The van der Waals surface area contributed by atoms with E-state index in [0.29, 0.717) is 24.4 Å². The van der Waals surface area contributed by atoms with Crippen molar-refractivity contribution in [2.24, 2.45) is 0 Å². The Morgan fingerprint density at radius 1 is 1.15 bits per heavy atom.